The number of aryl methyl sites for hydroxylation is 2. The molecule has 3 heterocycles. The van der Waals surface area contributed by atoms with Gasteiger partial charge in [0, 0.05) is 22.0 Å². The molecule has 0 bridgehead atoms. The summed E-state index contributed by atoms with van der Waals surface area (Å²) in [6, 6.07) is 7.75. The van der Waals surface area contributed by atoms with Gasteiger partial charge in [-0.25, -0.2) is 9.97 Å². The molecule has 136 valence electrons. The number of nitrogens with zero attached hydrogens (tertiary/aromatic N) is 4. The maximum atomic E-state index is 5.26. The zero-order valence-electron chi connectivity index (χ0n) is 14.4. The number of aromatic nitrogens is 4. The number of rotatable bonds is 5. The molecule has 3 aromatic heterocycles. The van der Waals surface area contributed by atoms with Crippen molar-refractivity contribution in [1.29, 1.82) is 0 Å². The SMILES string of the molecule is COc1cccc(Nc2nnc(Sc3ncnc4sc5c(c34)CCC5)s2)c1. The molecule has 5 rings (SSSR count). The van der Waals surface area contributed by atoms with Crippen molar-refractivity contribution >= 4 is 55.5 Å². The predicted octanol–water partition coefficient (Wildman–Crippen LogP) is 4.93. The number of ether oxygens (including phenoxy) is 1. The zero-order chi connectivity index (χ0) is 18.2. The fourth-order valence-electron chi connectivity index (χ4n) is 3.19. The Kier molecular flexibility index (Phi) is 4.42. The molecule has 0 amide bonds. The predicted molar refractivity (Wildman–Crippen MR) is 110 cm³/mol. The van der Waals surface area contributed by atoms with Crippen molar-refractivity contribution in [1.82, 2.24) is 20.2 Å². The molecule has 0 radical (unpaired) electrons. The minimum atomic E-state index is 0.742. The largest absolute Gasteiger partial charge is 0.497 e. The van der Waals surface area contributed by atoms with E-state index < -0.39 is 0 Å². The average molecular weight is 414 g/mol. The Balaban J connectivity index is 1.40. The van der Waals surface area contributed by atoms with Crippen molar-refractivity contribution in [2.24, 2.45) is 0 Å². The summed E-state index contributed by atoms with van der Waals surface area (Å²) in [7, 11) is 1.66. The van der Waals surface area contributed by atoms with Crippen LogP contribution in [0.25, 0.3) is 10.2 Å². The summed E-state index contributed by atoms with van der Waals surface area (Å²) in [5, 5.41) is 14.8. The monoisotopic (exact) mass is 413 g/mol. The minimum absolute atomic E-state index is 0.742. The third-order valence-corrected chi connectivity index (χ3v) is 7.47. The fraction of sp³-hybridized carbons (Fsp3) is 0.222. The van der Waals surface area contributed by atoms with Gasteiger partial charge in [-0.1, -0.05) is 17.4 Å². The van der Waals surface area contributed by atoms with Gasteiger partial charge in [-0.15, -0.1) is 21.5 Å². The molecule has 1 aromatic carbocycles. The van der Waals surface area contributed by atoms with Crippen LogP contribution in [-0.4, -0.2) is 27.3 Å². The summed E-state index contributed by atoms with van der Waals surface area (Å²) in [5.74, 6) is 0.800. The first-order valence-electron chi connectivity index (χ1n) is 8.48. The summed E-state index contributed by atoms with van der Waals surface area (Å²) in [5.41, 5.74) is 2.35. The highest BCUT2D eigenvalue weighted by Gasteiger charge is 2.22. The molecule has 0 atom stereocenters. The molecule has 6 nitrogen and oxygen atoms in total. The van der Waals surface area contributed by atoms with Crippen LogP contribution in [-0.2, 0) is 12.8 Å². The molecule has 0 unspecified atom stereocenters. The first-order valence-corrected chi connectivity index (χ1v) is 10.9. The number of fused-ring (bicyclic) bond motifs is 3. The molecule has 0 spiro atoms. The molecular weight excluding hydrogens is 398 g/mol. The Morgan fingerprint density at radius 2 is 2.11 bits per heavy atom. The number of hydrogen-bond acceptors (Lipinski definition) is 9. The summed E-state index contributed by atoms with van der Waals surface area (Å²) in [6.07, 6.45) is 5.15. The minimum Gasteiger partial charge on any atom is -0.497 e. The van der Waals surface area contributed by atoms with E-state index in [1.807, 2.05) is 24.3 Å². The van der Waals surface area contributed by atoms with E-state index in [0.29, 0.717) is 0 Å². The van der Waals surface area contributed by atoms with Gasteiger partial charge >= 0.3 is 0 Å². The number of hydrogen-bond donors (Lipinski definition) is 1. The first kappa shape index (κ1) is 16.9. The Morgan fingerprint density at radius 1 is 1.15 bits per heavy atom. The lowest BCUT2D eigenvalue weighted by Crippen LogP contribution is -1.90. The van der Waals surface area contributed by atoms with Gasteiger partial charge in [0.25, 0.3) is 0 Å². The van der Waals surface area contributed by atoms with Crippen LogP contribution in [0, 0.1) is 0 Å². The van der Waals surface area contributed by atoms with Gasteiger partial charge in [-0.2, -0.15) is 0 Å². The number of benzene rings is 1. The standard InChI is InChI=1S/C18H15N5OS3/c1-24-11-5-2-4-10(8-11)21-17-22-23-18(27-17)26-16-14-12-6-3-7-13(12)25-15(14)19-9-20-16/h2,4-5,8-9H,3,6-7H2,1H3,(H,21,22). The molecule has 27 heavy (non-hydrogen) atoms. The van der Waals surface area contributed by atoms with E-state index in [-0.39, 0.29) is 0 Å². The van der Waals surface area contributed by atoms with Gasteiger partial charge in [-0.3, -0.25) is 0 Å². The van der Waals surface area contributed by atoms with Crippen LogP contribution >= 0.6 is 34.4 Å². The molecule has 0 saturated carbocycles. The molecule has 1 aliphatic carbocycles. The van der Waals surface area contributed by atoms with Gasteiger partial charge in [0.05, 0.1) is 7.11 Å². The zero-order valence-corrected chi connectivity index (χ0v) is 16.9. The van der Waals surface area contributed by atoms with Crippen molar-refractivity contribution < 1.29 is 4.74 Å². The Bertz CT molecular complexity index is 1120. The van der Waals surface area contributed by atoms with Gasteiger partial charge in [0.2, 0.25) is 5.13 Å². The molecule has 4 aromatic rings. The Morgan fingerprint density at radius 3 is 3.04 bits per heavy atom. The van der Waals surface area contributed by atoms with E-state index in [1.165, 1.54) is 33.6 Å². The van der Waals surface area contributed by atoms with Gasteiger partial charge < -0.3 is 10.1 Å². The number of thiophene rings is 1. The van der Waals surface area contributed by atoms with Crippen molar-refractivity contribution in [3.63, 3.8) is 0 Å². The second-order valence-corrected chi connectivity index (χ2v) is 9.35. The van der Waals surface area contributed by atoms with Crippen molar-refractivity contribution in [2.45, 2.75) is 28.6 Å². The lowest BCUT2D eigenvalue weighted by atomic mass is 10.2. The van der Waals surface area contributed by atoms with Crippen LogP contribution in [0.5, 0.6) is 5.75 Å². The van der Waals surface area contributed by atoms with Crippen molar-refractivity contribution in [2.75, 3.05) is 12.4 Å². The lowest BCUT2D eigenvalue weighted by Gasteiger charge is -2.04. The third kappa shape index (κ3) is 3.26. The summed E-state index contributed by atoms with van der Waals surface area (Å²) in [4.78, 5) is 11.5. The number of anilines is 2. The van der Waals surface area contributed by atoms with Gasteiger partial charge in [-0.05, 0) is 48.7 Å². The van der Waals surface area contributed by atoms with Gasteiger partial charge in [0.15, 0.2) is 4.34 Å². The molecule has 0 saturated heterocycles. The number of nitrogens with one attached hydrogen (secondary N) is 1. The molecule has 0 fully saturated rings. The topological polar surface area (TPSA) is 72.8 Å². The van der Waals surface area contributed by atoms with Crippen LogP contribution in [0.1, 0.15) is 16.9 Å². The van der Waals surface area contributed by atoms with Crippen LogP contribution in [0.15, 0.2) is 40.0 Å². The highest BCUT2D eigenvalue weighted by molar-refractivity contribution is 8.01. The van der Waals surface area contributed by atoms with E-state index in [4.69, 9.17) is 4.74 Å². The first-order chi connectivity index (χ1) is 13.3. The van der Waals surface area contributed by atoms with E-state index in [1.54, 1.807) is 36.5 Å². The Hall–Kier alpha value is -2.23. The highest BCUT2D eigenvalue weighted by atomic mass is 32.2. The Labute approximate surface area is 168 Å². The van der Waals surface area contributed by atoms with Crippen LogP contribution in [0.4, 0.5) is 10.8 Å². The van der Waals surface area contributed by atoms with E-state index in [9.17, 15) is 0 Å². The molecule has 9 heteroatoms. The maximum absolute atomic E-state index is 5.26. The summed E-state index contributed by atoms with van der Waals surface area (Å²) < 4.78 is 6.12. The second-order valence-electron chi connectivity index (χ2n) is 6.05. The summed E-state index contributed by atoms with van der Waals surface area (Å²) >= 11 is 4.88. The summed E-state index contributed by atoms with van der Waals surface area (Å²) in [6.45, 7) is 0. The van der Waals surface area contributed by atoms with Gasteiger partial charge in [0.1, 0.15) is 21.9 Å². The molecule has 0 aliphatic heterocycles. The van der Waals surface area contributed by atoms with Crippen LogP contribution in [0.3, 0.4) is 0 Å². The van der Waals surface area contributed by atoms with E-state index in [2.05, 4.69) is 25.5 Å². The quantitative estimate of drug-likeness (QED) is 0.465. The lowest BCUT2D eigenvalue weighted by molar-refractivity contribution is 0.415. The molecule has 1 N–H and O–H groups in total. The van der Waals surface area contributed by atoms with Crippen LogP contribution in [0.2, 0.25) is 0 Å². The van der Waals surface area contributed by atoms with Crippen LogP contribution < -0.4 is 10.1 Å². The maximum Gasteiger partial charge on any atom is 0.210 e. The number of methoxy groups -OCH3 is 1. The molecule has 1 aliphatic rings. The van der Waals surface area contributed by atoms with E-state index in [0.717, 1.165) is 43.6 Å². The normalized spacial score (nSPS) is 13.1. The van der Waals surface area contributed by atoms with Crippen molar-refractivity contribution in [3.8, 4) is 5.75 Å². The smallest absolute Gasteiger partial charge is 0.210 e. The highest BCUT2D eigenvalue weighted by Crippen LogP contribution is 2.42. The molecular formula is C18H15N5OS3. The second kappa shape index (κ2) is 7.06. The average Bonchev–Trinajstić information content (AvgIpc) is 3.38. The van der Waals surface area contributed by atoms with Crippen molar-refractivity contribution in [3.05, 3.63) is 41.0 Å². The fourth-order valence-corrected chi connectivity index (χ4v) is 6.29. The third-order valence-electron chi connectivity index (χ3n) is 4.38. The van der Waals surface area contributed by atoms with E-state index >= 15 is 0 Å².